The minimum atomic E-state index is 0.0376. The standard InChI is InChI=1S/C18H35NO2/c1-5-6-15-7-10-18(11-8-15,14-19-17(2,3)4)21-16-9-12-20-13-16/h15-16,19H,5-14H2,1-4H3. The quantitative estimate of drug-likeness (QED) is 0.806. The van der Waals surface area contributed by atoms with Gasteiger partial charge >= 0.3 is 0 Å². The van der Waals surface area contributed by atoms with Gasteiger partial charge in [-0.05, 0) is 58.8 Å². The lowest BCUT2D eigenvalue weighted by Crippen LogP contribution is -2.52. The van der Waals surface area contributed by atoms with Gasteiger partial charge in [0.15, 0.2) is 0 Å². The lowest BCUT2D eigenvalue weighted by molar-refractivity contribution is -0.119. The molecule has 0 amide bonds. The fourth-order valence-electron chi connectivity index (χ4n) is 3.62. The van der Waals surface area contributed by atoms with Gasteiger partial charge in [0, 0.05) is 18.7 Å². The molecule has 2 aliphatic rings. The molecule has 2 rings (SSSR count). The Hall–Kier alpha value is -0.120. The summed E-state index contributed by atoms with van der Waals surface area (Å²) >= 11 is 0. The molecule has 1 N–H and O–H groups in total. The highest BCUT2D eigenvalue weighted by Crippen LogP contribution is 2.38. The van der Waals surface area contributed by atoms with Gasteiger partial charge in [-0.25, -0.2) is 0 Å². The first-order valence-electron chi connectivity index (χ1n) is 8.93. The Kier molecular flexibility index (Phi) is 6.10. The Morgan fingerprint density at radius 2 is 1.90 bits per heavy atom. The van der Waals surface area contributed by atoms with E-state index in [0.29, 0.717) is 6.10 Å². The largest absolute Gasteiger partial charge is 0.379 e. The van der Waals surface area contributed by atoms with E-state index in [2.05, 4.69) is 33.0 Å². The molecule has 21 heavy (non-hydrogen) atoms. The molecule has 0 bridgehead atoms. The number of hydrogen-bond acceptors (Lipinski definition) is 3. The van der Waals surface area contributed by atoms with Crippen molar-refractivity contribution in [1.82, 2.24) is 5.32 Å². The van der Waals surface area contributed by atoms with Crippen molar-refractivity contribution in [2.75, 3.05) is 19.8 Å². The molecule has 3 nitrogen and oxygen atoms in total. The van der Waals surface area contributed by atoms with Crippen molar-refractivity contribution < 1.29 is 9.47 Å². The van der Waals surface area contributed by atoms with Crippen LogP contribution in [0.2, 0.25) is 0 Å². The van der Waals surface area contributed by atoms with Gasteiger partial charge in [-0.3, -0.25) is 0 Å². The highest BCUT2D eigenvalue weighted by molar-refractivity contribution is 4.92. The van der Waals surface area contributed by atoms with Crippen molar-refractivity contribution >= 4 is 0 Å². The van der Waals surface area contributed by atoms with Crippen molar-refractivity contribution in [2.45, 2.75) is 89.9 Å². The summed E-state index contributed by atoms with van der Waals surface area (Å²) < 4.78 is 12.1. The van der Waals surface area contributed by atoms with Crippen LogP contribution < -0.4 is 5.32 Å². The normalized spacial score (nSPS) is 34.3. The van der Waals surface area contributed by atoms with E-state index < -0.39 is 0 Å². The molecule has 0 aromatic rings. The van der Waals surface area contributed by atoms with Crippen LogP contribution in [0.25, 0.3) is 0 Å². The van der Waals surface area contributed by atoms with Gasteiger partial charge in [0.25, 0.3) is 0 Å². The first-order chi connectivity index (χ1) is 9.92. The van der Waals surface area contributed by atoms with Crippen LogP contribution in [0.4, 0.5) is 0 Å². The maximum Gasteiger partial charge on any atom is 0.0838 e. The molecule has 3 heteroatoms. The van der Waals surface area contributed by atoms with E-state index in [9.17, 15) is 0 Å². The fourth-order valence-corrected chi connectivity index (χ4v) is 3.62. The molecule has 1 aliphatic carbocycles. The molecule has 1 heterocycles. The van der Waals surface area contributed by atoms with Crippen molar-refractivity contribution in [2.24, 2.45) is 5.92 Å². The van der Waals surface area contributed by atoms with Crippen LogP contribution in [0.5, 0.6) is 0 Å². The van der Waals surface area contributed by atoms with Gasteiger partial charge in [-0.2, -0.15) is 0 Å². The second-order valence-corrected chi connectivity index (χ2v) is 8.12. The molecule has 2 fully saturated rings. The van der Waals surface area contributed by atoms with E-state index in [1.165, 1.54) is 38.5 Å². The Morgan fingerprint density at radius 3 is 2.43 bits per heavy atom. The summed E-state index contributed by atoms with van der Waals surface area (Å²) in [7, 11) is 0. The van der Waals surface area contributed by atoms with Gasteiger partial charge in [0.2, 0.25) is 0 Å². The van der Waals surface area contributed by atoms with Crippen LogP contribution in [0.3, 0.4) is 0 Å². The van der Waals surface area contributed by atoms with Crippen LogP contribution in [0, 0.1) is 5.92 Å². The average Bonchev–Trinajstić information content (AvgIpc) is 2.92. The monoisotopic (exact) mass is 297 g/mol. The summed E-state index contributed by atoms with van der Waals surface area (Å²) in [6.45, 7) is 11.6. The summed E-state index contributed by atoms with van der Waals surface area (Å²) in [5.41, 5.74) is 0.193. The van der Waals surface area contributed by atoms with Gasteiger partial charge < -0.3 is 14.8 Å². The Bertz CT molecular complexity index is 297. The summed E-state index contributed by atoms with van der Waals surface area (Å²) in [6.07, 6.45) is 9.14. The molecule has 1 saturated carbocycles. The van der Waals surface area contributed by atoms with Crippen molar-refractivity contribution in [3.63, 3.8) is 0 Å². The highest BCUT2D eigenvalue weighted by Gasteiger charge is 2.39. The molecule has 124 valence electrons. The van der Waals surface area contributed by atoms with Gasteiger partial charge in [0.05, 0.1) is 18.3 Å². The number of ether oxygens (including phenoxy) is 2. The third-order valence-corrected chi connectivity index (χ3v) is 4.96. The fraction of sp³-hybridized carbons (Fsp3) is 1.00. The summed E-state index contributed by atoms with van der Waals surface area (Å²) in [6, 6.07) is 0. The first kappa shape index (κ1) is 17.2. The van der Waals surface area contributed by atoms with E-state index in [1.54, 1.807) is 0 Å². The topological polar surface area (TPSA) is 30.5 Å². The lowest BCUT2D eigenvalue weighted by Gasteiger charge is -2.43. The van der Waals surface area contributed by atoms with Crippen molar-refractivity contribution in [1.29, 1.82) is 0 Å². The Labute approximate surface area is 131 Å². The maximum absolute atomic E-state index is 6.57. The van der Waals surface area contributed by atoms with Crippen LogP contribution in [0.1, 0.15) is 72.6 Å². The maximum atomic E-state index is 6.57. The summed E-state index contributed by atoms with van der Waals surface area (Å²) in [5, 5.41) is 3.69. The summed E-state index contributed by atoms with van der Waals surface area (Å²) in [5.74, 6) is 0.918. The Balaban J connectivity index is 1.93. The molecular formula is C18H35NO2. The predicted molar refractivity (Wildman–Crippen MR) is 87.7 cm³/mol. The smallest absolute Gasteiger partial charge is 0.0838 e. The molecule has 1 saturated heterocycles. The van der Waals surface area contributed by atoms with Crippen LogP contribution >= 0.6 is 0 Å². The highest BCUT2D eigenvalue weighted by atomic mass is 16.6. The molecule has 0 aromatic carbocycles. The summed E-state index contributed by atoms with van der Waals surface area (Å²) in [4.78, 5) is 0. The molecule has 0 spiro atoms. The molecule has 0 radical (unpaired) electrons. The lowest BCUT2D eigenvalue weighted by atomic mass is 9.76. The second-order valence-electron chi connectivity index (χ2n) is 8.12. The molecule has 0 aromatic heterocycles. The average molecular weight is 297 g/mol. The second kappa shape index (κ2) is 7.43. The number of rotatable bonds is 6. The first-order valence-corrected chi connectivity index (χ1v) is 8.93. The van der Waals surface area contributed by atoms with E-state index in [1.807, 2.05) is 0 Å². The van der Waals surface area contributed by atoms with Gasteiger partial charge in [-0.15, -0.1) is 0 Å². The molecule has 1 atom stereocenters. The van der Waals surface area contributed by atoms with Gasteiger partial charge in [0.1, 0.15) is 0 Å². The van der Waals surface area contributed by atoms with Crippen LogP contribution in [-0.2, 0) is 9.47 Å². The molecule has 1 unspecified atom stereocenters. The van der Waals surface area contributed by atoms with E-state index in [4.69, 9.17) is 9.47 Å². The SMILES string of the molecule is CCCC1CCC(CNC(C)(C)C)(OC2CCOC2)CC1. The van der Waals surface area contributed by atoms with Crippen molar-refractivity contribution in [3.8, 4) is 0 Å². The minimum absolute atomic E-state index is 0.0376. The Morgan fingerprint density at radius 1 is 1.19 bits per heavy atom. The van der Waals surface area contributed by atoms with Crippen molar-refractivity contribution in [3.05, 3.63) is 0 Å². The van der Waals surface area contributed by atoms with Crippen LogP contribution in [0.15, 0.2) is 0 Å². The van der Waals surface area contributed by atoms with E-state index >= 15 is 0 Å². The zero-order valence-corrected chi connectivity index (χ0v) is 14.5. The van der Waals surface area contributed by atoms with E-state index in [-0.39, 0.29) is 11.1 Å². The third kappa shape index (κ3) is 5.54. The van der Waals surface area contributed by atoms with Crippen LogP contribution in [-0.4, -0.2) is 37.0 Å². The zero-order chi connectivity index (χ0) is 15.3. The number of nitrogens with one attached hydrogen (secondary N) is 1. The predicted octanol–water partition coefficient (Wildman–Crippen LogP) is 3.91. The van der Waals surface area contributed by atoms with Gasteiger partial charge in [-0.1, -0.05) is 19.8 Å². The molecule has 1 aliphatic heterocycles. The van der Waals surface area contributed by atoms with E-state index in [0.717, 1.165) is 32.1 Å². The third-order valence-electron chi connectivity index (χ3n) is 4.96. The number of hydrogen-bond donors (Lipinski definition) is 1. The molecular weight excluding hydrogens is 262 g/mol. The zero-order valence-electron chi connectivity index (χ0n) is 14.5. The minimum Gasteiger partial charge on any atom is -0.379 e.